The van der Waals surface area contributed by atoms with Crippen molar-refractivity contribution >= 4 is 17.4 Å². The average molecular weight is 430 g/mol. The Bertz CT molecular complexity index is 1220. The van der Waals surface area contributed by atoms with E-state index in [0.717, 1.165) is 37.3 Å². The summed E-state index contributed by atoms with van der Waals surface area (Å²) in [5.41, 5.74) is 2.10. The van der Waals surface area contributed by atoms with Gasteiger partial charge >= 0.3 is 0 Å². The van der Waals surface area contributed by atoms with Gasteiger partial charge in [0.05, 0.1) is 18.2 Å². The van der Waals surface area contributed by atoms with Gasteiger partial charge in [-0.05, 0) is 43.2 Å². The van der Waals surface area contributed by atoms with Crippen molar-refractivity contribution in [2.24, 2.45) is 0 Å². The maximum Gasteiger partial charge on any atom is 0.260 e. The smallest absolute Gasteiger partial charge is 0.260 e. The topological polar surface area (TPSA) is 94.4 Å². The van der Waals surface area contributed by atoms with Crippen LogP contribution < -0.4 is 15.0 Å². The predicted octanol–water partition coefficient (Wildman–Crippen LogP) is 3.22. The first-order valence-corrected chi connectivity index (χ1v) is 10.8. The van der Waals surface area contributed by atoms with Crippen LogP contribution in [0.1, 0.15) is 29.6 Å². The van der Waals surface area contributed by atoms with E-state index in [0.29, 0.717) is 41.9 Å². The van der Waals surface area contributed by atoms with E-state index in [1.54, 1.807) is 12.4 Å². The normalized spacial score (nSPS) is 19.8. The second-order valence-corrected chi connectivity index (χ2v) is 8.12. The van der Waals surface area contributed by atoms with Crippen molar-refractivity contribution in [1.82, 2.24) is 19.7 Å². The second kappa shape index (κ2) is 7.67. The zero-order valence-corrected chi connectivity index (χ0v) is 17.4. The van der Waals surface area contributed by atoms with E-state index < -0.39 is 0 Å². The third kappa shape index (κ3) is 3.35. The molecule has 3 aliphatic heterocycles. The highest BCUT2D eigenvalue weighted by Gasteiger charge is 2.33. The van der Waals surface area contributed by atoms with Crippen LogP contribution in [-0.2, 0) is 11.3 Å². The summed E-state index contributed by atoms with van der Waals surface area (Å²) in [5.74, 6) is 2.42. The molecular formula is C23H22N6O3. The van der Waals surface area contributed by atoms with E-state index in [1.165, 1.54) is 0 Å². The van der Waals surface area contributed by atoms with Crippen molar-refractivity contribution in [2.45, 2.75) is 31.8 Å². The highest BCUT2D eigenvalue weighted by atomic mass is 16.5. The van der Waals surface area contributed by atoms with Crippen molar-refractivity contribution in [1.29, 1.82) is 0 Å². The van der Waals surface area contributed by atoms with Gasteiger partial charge in [-0.3, -0.25) is 4.79 Å². The number of fused-ring (bicyclic) bond motifs is 7. The van der Waals surface area contributed by atoms with Crippen molar-refractivity contribution in [3.05, 3.63) is 60.2 Å². The first-order chi connectivity index (χ1) is 15.7. The van der Waals surface area contributed by atoms with Crippen LogP contribution in [-0.4, -0.2) is 44.9 Å². The molecule has 162 valence electrons. The van der Waals surface area contributed by atoms with Crippen LogP contribution >= 0.6 is 0 Å². The lowest BCUT2D eigenvalue weighted by Gasteiger charge is -2.25. The fraction of sp³-hybridized carbons (Fsp3) is 0.304. The molecule has 1 atom stereocenters. The molecule has 6 rings (SSSR count). The number of rotatable bonds is 1. The molecule has 32 heavy (non-hydrogen) atoms. The minimum absolute atomic E-state index is 0.265. The van der Waals surface area contributed by atoms with Crippen LogP contribution in [0, 0.1) is 0 Å². The number of carbonyl (C=O) groups is 1. The summed E-state index contributed by atoms with van der Waals surface area (Å²) in [7, 11) is 0. The Morgan fingerprint density at radius 3 is 2.97 bits per heavy atom. The minimum Gasteiger partial charge on any atom is -0.494 e. The number of hydrogen-bond donors (Lipinski definition) is 1. The number of nitrogens with one attached hydrogen (secondary N) is 1. The molecule has 2 aromatic heterocycles. The Kier molecular flexibility index (Phi) is 4.52. The Labute approximate surface area is 184 Å². The fourth-order valence-electron chi connectivity index (χ4n) is 4.35. The molecular weight excluding hydrogens is 408 g/mol. The Balaban J connectivity index is 1.36. The maximum atomic E-state index is 13.3. The standard InChI is InChI=1S/C23H22N6O3/c30-23-18-11-15(29-12-17-10-16(29)13-32-17)6-7-20(18)31-9-2-1-8-28-14-24-27-22(28)19-4-3-5-21(25-19)26-23/h3-7,11-12,14,16H,1-2,8-10,13H2,(H,25,26,30). The molecule has 0 spiro atoms. The second-order valence-electron chi connectivity index (χ2n) is 8.12. The number of benzene rings is 1. The molecule has 3 aliphatic rings. The van der Waals surface area contributed by atoms with E-state index in [-0.39, 0.29) is 11.9 Å². The molecule has 1 unspecified atom stereocenters. The molecule has 5 heterocycles. The van der Waals surface area contributed by atoms with Crippen LogP contribution in [0.3, 0.4) is 0 Å². The molecule has 9 heteroatoms. The Hall–Kier alpha value is -3.88. The van der Waals surface area contributed by atoms with Gasteiger partial charge < -0.3 is 24.3 Å². The van der Waals surface area contributed by atoms with Gasteiger partial charge in [-0.25, -0.2) is 4.98 Å². The zero-order chi connectivity index (χ0) is 21.5. The number of anilines is 2. The molecule has 1 saturated heterocycles. The lowest BCUT2D eigenvalue weighted by molar-refractivity contribution is 0.102. The van der Waals surface area contributed by atoms with Crippen molar-refractivity contribution in [3.8, 4) is 17.3 Å². The van der Waals surface area contributed by atoms with Gasteiger partial charge in [0.2, 0.25) is 0 Å². The number of pyridine rings is 1. The molecule has 0 radical (unpaired) electrons. The predicted molar refractivity (Wildman–Crippen MR) is 117 cm³/mol. The molecule has 9 nitrogen and oxygen atoms in total. The quantitative estimate of drug-likeness (QED) is 0.633. The number of ether oxygens (including phenoxy) is 2. The van der Waals surface area contributed by atoms with Crippen molar-refractivity contribution in [3.63, 3.8) is 0 Å². The fourth-order valence-corrected chi connectivity index (χ4v) is 4.35. The number of aromatic nitrogens is 4. The third-order valence-corrected chi connectivity index (χ3v) is 5.97. The van der Waals surface area contributed by atoms with Crippen LogP contribution in [0.2, 0.25) is 0 Å². The van der Waals surface area contributed by atoms with Gasteiger partial charge in [0.15, 0.2) is 5.82 Å². The summed E-state index contributed by atoms with van der Waals surface area (Å²) in [5, 5.41) is 11.2. The summed E-state index contributed by atoms with van der Waals surface area (Å²) >= 11 is 0. The van der Waals surface area contributed by atoms with Crippen LogP contribution in [0.25, 0.3) is 11.5 Å². The van der Waals surface area contributed by atoms with Crippen molar-refractivity contribution < 1.29 is 14.3 Å². The number of hydrogen-bond acceptors (Lipinski definition) is 7. The lowest BCUT2D eigenvalue weighted by atomic mass is 10.1. The van der Waals surface area contributed by atoms with E-state index in [4.69, 9.17) is 9.47 Å². The Morgan fingerprint density at radius 2 is 2.09 bits per heavy atom. The highest BCUT2D eigenvalue weighted by molar-refractivity contribution is 6.06. The monoisotopic (exact) mass is 430 g/mol. The van der Waals surface area contributed by atoms with Crippen LogP contribution in [0.4, 0.5) is 11.5 Å². The molecule has 1 N–H and O–H groups in total. The third-order valence-electron chi connectivity index (χ3n) is 5.97. The van der Waals surface area contributed by atoms with E-state index >= 15 is 0 Å². The van der Waals surface area contributed by atoms with Gasteiger partial charge in [0.1, 0.15) is 36.0 Å². The summed E-state index contributed by atoms with van der Waals surface area (Å²) in [6.07, 6.45) is 6.36. The first kappa shape index (κ1) is 18.9. The number of aryl methyl sites for hydroxylation is 1. The Morgan fingerprint density at radius 1 is 1.12 bits per heavy atom. The summed E-state index contributed by atoms with van der Waals surface area (Å²) in [6, 6.07) is 11.5. The molecule has 0 aliphatic carbocycles. The van der Waals surface area contributed by atoms with Gasteiger partial charge in [-0.15, -0.1) is 10.2 Å². The SMILES string of the molecule is O=C1Nc2cccc(n2)-c2nncn2CCCCOc2ccc(N3C=C4CC3CO4)cc21. The number of amides is 1. The molecule has 0 saturated carbocycles. The summed E-state index contributed by atoms with van der Waals surface area (Å²) in [4.78, 5) is 20.0. The van der Waals surface area contributed by atoms with Crippen LogP contribution in [0.15, 0.2) is 54.7 Å². The minimum atomic E-state index is -0.265. The molecule has 1 fully saturated rings. The number of nitrogens with zero attached hydrogens (tertiary/aromatic N) is 5. The lowest BCUT2D eigenvalue weighted by Crippen LogP contribution is -2.29. The highest BCUT2D eigenvalue weighted by Crippen LogP contribution is 2.36. The molecule has 1 amide bonds. The summed E-state index contributed by atoms with van der Waals surface area (Å²) < 4.78 is 13.6. The van der Waals surface area contributed by atoms with Gasteiger partial charge in [0, 0.05) is 24.9 Å². The van der Waals surface area contributed by atoms with E-state index in [9.17, 15) is 4.79 Å². The molecule has 3 aromatic rings. The largest absolute Gasteiger partial charge is 0.494 e. The van der Waals surface area contributed by atoms with Gasteiger partial charge in [-0.1, -0.05) is 6.07 Å². The number of carbonyl (C=O) groups excluding carboxylic acids is 1. The molecule has 4 bridgehead atoms. The van der Waals surface area contributed by atoms with Crippen molar-refractivity contribution in [2.75, 3.05) is 23.4 Å². The van der Waals surface area contributed by atoms with E-state index in [1.807, 2.05) is 41.1 Å². The van der Waals surface area contributed by atoms with Crippen LogP contribution in [0.5, 0.6) is 5.75 Å². The zero-order valence-electron chi connectivity index (χ0n) is 17.4. The van der Waals surface area contributed by atoms with Gasteiger partial charge in [0.25, 0.3) is 5.91 Å². The first-order valence-electron chi connectivity index (χ1n) is 10.8. The maximum absolute atomic E-state index is 13.3. The van der Waals surface area contributed by atoms with Gasteiger partial charge in [-0.2, -0.15) is 0 Å². The molecule has 1 aromatic carbocycles. The van der Waals surface area contributed by atoms with E-state index in [2.05, 4.69) is 25.4 Å². The average Bonchev–Trinajstić information content (AvgIpc) is 3.56. The summed E-state index contributed by atoms with van der Waals surface area (Å²) in [6.45, 7) is 1.96.